The summed E-state index contributed by atoms with van der Waals surface area (Å²) in [5.74, 6) is -2.15. The smallest absolute Gasteiger partial charge is 0.475 e. The lowest BCUT2D eigenvalue weighted by atomic mass is 10.1. The molecule has 14 heteroatoms. The molecule has 184 valence electrons. The first-order valence-corrected chi connectivity index (χ1v) is 10.1. The number of nitrogens with one attached hydrogen (secondary N) is 3. The molecule has 0 aliphatic heterocycles. The van der Waals surface area contributed by atoms with Crippen molar-refractivity contribution in [3.05, 3.63) is 42.4 Å². The number of H-pyrrole nitrogens is 1. The van der Waals surface area contributed by atoms with E-state index in [1.807, 2.05) is 38.2 Å². The average molecular weight is 491 g/mol. The quantitative estimate of drug-likeness (QED) is 0.328. The maximum absolute atomic E-state index is 11.9. The van der Waals surface area contributed by atoms with E-state index >= 15 is 0 Å². The van der Waals surface area contributed by atoms with Crippen molar-refractivity contribution < 1.29 is 32.3 Å². The van der Waals surface area contributed by atoms with Crippen LogP contribution in [0.4, 0.5) is 19.2 Å². The number of aromatic nitrogens is 5. The second-order valence-corrected chi connectivity index (χ2v) is 7.32. The highest BCUT2D eigenvalue weighted by Gasteiger charge is 2.38. The third kappa shape index (κ3) is 6.10. The van der Waals surface area contributed by atoms with E-state index < -0.39 is 12.1 Å². The number of rotatable bonds is 5. The van der Waals surface area contributed by atoms with Crippen molar-refractivity contribution in [1.29, 1.82) is 0 Å². The van der Waals surface area contributed by atoms with Gasteiger partial charge in [0, 0.05) is 47.5 Å². The number of carbonyl (C=O) groups is 2. The second kappa shape index (κ2) is 10.2. The van der Waals surface area contributed by atoms with Crippen LogP contribution in [0.15, 0.2) is 41.1 Å². The molecule has 0 unspecified atom stereocenters. The van der Waals surface area contributed by atoms with Crippen LogP contribution in [-0.4, -0.2) is 61.4 Å². The van der Waals surface area contributed by atoms with Gasteiger partial charge in [0.1, 0.15) is 5.69 Å². The highest BCUT2D eigenvalue weighted by molar-refractivity contribution is 5.97. The van der Waals surface area contributed by atoms with Crippen LogP contribution in [-0.2, 0) is 4.79 Å². The van der Waals surface area contributed by atoms with Crippen molar-refractivity contribution in [2.45, 2.75) is 26.1 Å². The number of fused-ring (bicyclic) bond motifs is 1. The molecule has 4 N–H and O–H groups in total. The minimum atomic E-state index is -5.08. The number of benzene rings is 1. The minimum absolute atomic E-state index is 0.191. The van der Waals surface area contributed by atoms with Crippen LogP contribution < -0.4 is 10.6 Å². The molecule has 1 amide bonds. The van der Waals surface area contributed by atoms with E-state index in [9.17, 15) is 18.0 Å². The molecule has 0 spiro atoms. The number of nitrogens with zero attached hydrogens (tertiary/aromatic N) is 4. The van der Waals surface area contributed by atoms with Crippen LogP contribution in [0.5, 0.6) is 0 Å². The number of carbonyl (C=O) groups excluding carboxylic acids is 1. The molecule has 0 atom stereocenters. The number of amides is 1. The fraction of sp³-hybridized carbons (Fsp3) is 0.238. The Labute approximate surface area is 195 Å². The summed E-state index contributed by atoms with van der Waals surface area (Å²) in [5, 5.41) is 21.8. The van der Waals surface area contributed by atoms with E-state index in [-0.39, 0.29) is 11.9 Å². The molecule has 0 radical (unpaired) electrons. The lowest BCUT2D eigenvalue weighted by Crippen LogP contribution is -2.21. The van der Waals surface area contributed by atoms with Crippen LogP contribution in [0.1, 0.15) is 24.3 Å². The van der Waals surface area contributed by atoms with Gasteiger partial charge in [0.2, 0.25) is 5.89 Å². The summed E-state index contributed by atoms with van der Waals surface area (Å²) in [6.45, 7) is 3.99. The van der Waals surface area contributed by atoms with Crippen LogP contribution in [0, 0.1) is 0 Å². The number of carboxylic acid groups (broad SMARTS) is 1. The van der Waals surface area contributed by atoms with Crippen LogP contribution in [0.3, 0.4) is 0 Å². The molecule has 0 bridgehead atoms. The van der Waals surface area contributed by atoms with Gasteiger partial charge >= 0.3 is 18.2 Å². The summed E-state index contributed by atoms with van der Waals surface area (Å²) >= 11 is 0. The van der Waals surface area contributed by atoms with Gasteiger partial charge in [0.05, 0.1) is 0 Å². The number of alkyl halides is 3. The molecule has 0 aliphatic carbocycles. The second-order valence-electron chi connectivity index (χ2n) is 7.32. The molecule has 0 fully saturated rings. The fourth-order valence-corrected chi connectivity index (χ4v) is 2.83. The van der Waals surface area contributed by atoms with Crippen molar-refractivity contribution >= 4 is 28.8 Å². The molecular formula is C21H20F3N7O4. The normalized spacial score (nSPS) is 11.2. The van der Waals surface area contributed by atoms with Gasteiger partial charge in [0.15, 0.2) is 5.82 Å². The van der Waals surface area contributed by atoms with Crippen molar-refractivity contribution in [2.75, 3.05) is 12.4 Å². The molecule has 35 heavy (non-hydrogen) atoms. The van der Waals surface area contributed by atoms with Gasteiger partial charge in [-0.15, -0.1) is 5.10 Å². The van der Waals surface area contributed by atoms with Crippen LogP contribution in [0.25, 0.3) is 33.7 Å². The largest absolute Gasteiger partial charge is 0.490 e. The van der Waals surface area contributed by atoms with E-state index in [2.05, 4.69) is 35.8 Å². The van der Waals surface area contributed by atoms with Crippen molar-refractivity contribution in [1.82, 2.24) is 30.5 Å². The molecular weight excluding hydrogens is 471 g/mol. The molecule has 3 heterocycles. The zero-order valence-corrected chi connectivity index (χ0v) is 18.6. The monoisotopic (exact) mass is 491 g/mol. The van der Waals surface area contributed by atoms with E-state index in [1.54, 1.807) is 19.3 Å². The molecule has 0 aliphatic rings. The third-order valence-electron chi connectivity index (χ3n) is 4.36. The Bertz CT molecular complexity index is 1350. The Balaban J connectivity index is 0.000000429. The lowest BCUT2D eigenvalue weighted by Gasteiger charge is -2.03. The summed E-state index contributed by atoms with van der Waals surface area (Å²) in [5.41, 5.74) is 2.77. The Morgan fingerprint density at radius 1 is 1.17 bits per heavy atom. The van der Waals surface area contributed by atoms with Crippen LogP contribution in [0.2, 0.25) is 0 Å². The zero-order chi connectivity index (χ0) is 25.8. The topological polar surface area (TPSA) is 159 Å². The van der Waals surface area contributed by atoms with Crippen molar-refractivity contribution in [3.8, 4) is 22.8 Å². The standard InChI is InChI=1S/C19H19N7O2.C2HF3O2/c1-10(2)23-19-26-25-18(28-19)11-4-5-14-12(8-11)13(9-22-14)16-21-7-6-15(24-16)17(27)20-3;3-2(4,5)1(6)7/h4-10,22H,1-3H3,(H,20,27)(H,23,26);(H,6,7). The van der Waals surface area contributed by atoms with Gasteiger partial charge in [-0.25, -0.2) is 14.8 Å². The predicted octanol–water partition coefficient (Wildman–Crippen LogP) is 3.49. The number of carboxylic acids is 1. The molecule has 1 aromatic carbocycles. The number of aliphatic carboxylic acids is 1. The summed E-state index contributed by atoms with van der Waals surface area (Å²) in [6, 6.07) is 7.90. The Kier molecular flexibility index (Phi) is 7.32. The first-order chi connectivity index (χ1) is 16.5. The summed E-state index contributed by atoms with van der Waals surface area (Å²) in [7, 11) is 1.56. The van der Waals surface area contributed by atoms with Gasteiger partial charge in [0.25, 0.3) is 5.91 Å². The highest BCUT2D eigenvalue weighted by Crippen LogP contribution is 2.30. The lowest BCUT2D eigenvalue weighted by molar-refractivity contribution is -0.192. The SMILES string of the molecule is CNC(=O)c1ccnc(-c2c[nH]c3ccc(-c4nnc(NC(C)C)o4)cc23)n1.O=C(O)C(F)(F)F. The minimum Gasteiger partial charge on any atom is -0.475 e. The van der Waals surface area contributed by atoms with Gasteiger partial charge in [-0.1, -0.05) is 5.10 Å². The number of hydrogen-bond donors (Lipinski definition) is 4. The maximum atomic E-state index is 11.9. The molecule has 4 aromatic rings. The Morgan fingerprint density at radius 3 is 2.51 bits per heavy atom. The molecule has 0 saturated heterocycles. The average Bonchev–Trinajstić information content (AvgIpc) is 3.44. The van der Waals surface area contributed by atoms with E-state index in [1.165, 1.54) is 0 Å². The number of aromatic amines is 1. The van der Waals surface area contributed by atoms with Crippen LogP contribution >= 0.6 is 0 Å². The summed E-state index contributed by atoms with van der Waals surface area (Å²) < 4.78 is 37.4. The number of halogens is 3. The van der Waals surface area contributed by atoms with Gasteiger partial charge < -0.3 is 25.1 Å². The number of hydrogen-bond acceptors (Lipinski definition) is 8. The summed E-state index contributed by atoms with van der Waals surface area (Å²) in [6.07, 6.45) is -1.70. The Hall–Kier alpha value is -4.49. The first-order valence-electron chi connectivity index (χ1n) is 10.1. The van der Waals surface area contributed by atoms with Crippen molar-refractivity contribution in [3.63, 3.8) is 0 Å². The van der Waals surface area contributed by atoms with Gasteiger partial charge in [-0.3, -0.25) is 4.79 Å². The Morgan fingerprint density at radius 2 is 1.89 bits per heavy atom. The zero-order valence-electron chi connectivity index (χ0n) is 18.6. The molecule has 4 rings (SSSR count). The fourth-order valence-electron chi connectivity index (χ4n) is 2.83. The first kappa shape index (κ1) is 25.1. The van der Waals surface area contributed by atoms with E-state index in [0.29, 0.717) is 23.4 Å². The molecule has 0 saturated carbocycles. The van der Waals surface area contributed by atoms with Gasteiger partial charge in [-0.2, -0.15) is 13.2 Å². The predicted molar refractivity (Wildman–Crippen MR) is 118 cm³/mol. The molecule has 11 nitrogen and oxygen atoms in total. The molecule has 3 aromatic heterocycles. The van der Waals surface area contributed by atoms with Crippen molar-refractivity contribution in [2.24, 2.45) is 0 Å². The highest BCUT2D eigenvalue weighted by atomic mass is 19.4. The van der Waals surface area contributed by atoms with E-state index in [0.717, 1.165) is 22.0 Å². The third-order valence-corrected chi connectivity index (χ3v) is 4.36. The summed E-state index contributed by atoms with van der Waals surface area (Å²) in [4.78, 5) is 32.7. The number of anilines is 1. The maximum Gasteiger partial charge on any atom is 0.490 e. The van der Waals surface area contributed by atoms with E-state index in [4.69, 9.17) is 14.3 Å². The van der Waals surface area contributed by atoms with Gasteiger partial charge in [-0.05, 0) is 38.1 Å².